The predicted molar refractivity (Wildman–Crippen MR) is 126 cm³/mol. The first-order valence-corrected chi connectivity index (χ1v) is 11.3. The zero-order valence-electron chi connectivity index (χ0n) is 19.2. The highest BCUT2D eigenvalue weighted by molar-refractivity contribution is 5.96. The van der Waals surface area contributed by atoms with E-state index in [1.54, 1.807) is 7.11 Å². The Bertz CT molecular complexity index is 935. The van der Waals surface area contributed by atoms with Crippen LogP contribution in [-0.2, 0) is 9.47 Å². The number of anilines is 1. The largest absolute Gasteiger partial charge is 0.380 e. The minimum absolute atomic E-state index is 0.0773. The number of nitrogens with one attached hydrogen (secondary N) is 4. The lowest BCUT2D eigenvalue weighted by Crippen LogP contribution is -2.49. The van der Waals surface area contributed by atoms with Crippen LogP contribution in [-0.4, -0.2) is 67.3 Å². The van der Waals surface area contributed by atoms with Gasteiger partial charge in [0.05, 0.1) is 12.1 Å². The van der Waals surface area contributed by atoms with Crippen LogP contribution in [0.25, 0.3) is 10.9 Å². The average Bonchev–Trinajstić information content (AvgIpc) is 2.78. The number of amides is 1. The number of fused-ring (bicyclic) bond motifs is 1. The molecule has 1 fully saturated rings. The van der Waals surface area contributed by atoms with Gasteiger partial charge in [0.2, 0.25) is 5.82 Å². The van der Waals surface area contributed by atoms with Crippen LogP contribution in [0.1, 0.15) is 48.8 Å². The van der Waals surface area contributed by atoms with Gasteiger partial charge in [-0.1, -0.05) is 24.5 Å². The lowest BCUT2D eigenvalue weighted by atomic mass is 9.90. The molecule has 0 aliphatic heterocycles. The SMILES string of the molecule is CCOCCNC(=O)c1nc(N[C@H]2CCCC[C@H]2NC(=N)COC)c2cc(C)ccc2n1. The Morgan fingerprint density at radius 3 is 2.75 bits per heavy atom. The highest BCUT2D eigenvalue weighted by Gasteiger charge is 2.27. The number of nitrogens with zero attached hydrogens (tertiary/aromatic N) is 2. The normalized spacial score (nSPS) is 18.3. The summed E-state index contributed by atoms with van der Waals surface area (Å²) in [5.41, 5.74) is 1.81. The topological polar surface area (TPSA) is 121 Å². The van der Waals surface area contributed by atoms with Crippen LogP contribution in [0, 0.1) is 12.3 Å². The molecule has 174 valence electrons. The molecule has 9 heteroatoms. The summed E-state index contributed by atoms with van der Waals surface area (Å²) in [7, 11) is 1.59. The molecule has 9 nitrogen and oxygen atoms in total. The third-order valence-corrected chi connectivity index (χ3v) is 5.53. The summed E-state index contributed by atoms with van der Waals surface area (Å²) < 4.78 is 10.4. The zero-order chi connectivity index (χ0) is 22.9. The number of amidine groups is 1. The molecule has 2 atom stereocenters. The molecule has 1 heterocycles. The number of benzene rings is 1. The van der Waals surface area contributed by atoms with Crippen molar-refractivity contribution < 1.29 is 14.3 Å². The highest BCUT2D eigenvalue weighted by Crippen LogP contribution is 2.27. The van der Waals surface area contributed by atoms with E-state index in [4.69, 9.17) is 14.9 Å². The molecule has 0 unspecified atom stereocenters. The minimum atomic E-state index is -0.324. The number of ether oxygens (including phenoxy) is 2. The van der Waals surface area contributed by atoms with Crippen molar-refractivity contribution in [2.75, 3.05) is 38.8 Å². The molecule has 4 N–H and O–H groups in total. The van der Waals surface area contributed by atoms with Gasteiger partial charge in [-0.3, -0.25) is 10.2 Å². The highest BCUT2D eigenvalue weighted by atomic mass is 16.5. The van der Waals surface area contributed by atoms with Gasteiger partial charge in [0.1, 0.15) is 18.3 Å². The molecule has 1 aromatic heterocycles. The summed E-state index contributed by atoms with van der Waals surface area (Å²) in [6.07, 6.45) is 4.11. The smallest absolute Gasteiger partial charge is 0.289 e. The number of carbonyl (C=O) groups is 1. The van der Waals surface area contributed by atoms with E-state index in [9.17, 15) is 4.79 Å². The molecule has 0 saturated heterocycles. The molecular formula is C23H34N6O3. The van der Waals surface area contributed by atoms with Crippen molar-refractivity contribution in [2.45, 2.75) is 51.6 Å². The summed E-state index contributed by atoms with van der Waals surface area (Å²) in [6.45, 7) is 5.65. The van der Waals surface area contributed by atoms with E-state index in [1.165, 1.54) is 0 Å². The van der Waals surface area contributed by atoms with Crippen LogP contribution in [0.3, 0.4) is 0 Å². The first kappa shape index (κ1) is 23.9. The number of aromatic nitrogens is 2. The second-order valence-corrected chi connectivity index (χ2v) is 8.07. The van der Waals surface area contributed by atoms with Gasteiger partial charge >= 0.3 is 0 Å². The second-order valence-electron chi connectivity index (χ2n) is 8.07. The number of methoxy groups -OCH3 is 1. The van der Waals surface area contributed by atoms with Crippen molar-refractivity contribution in [3.8, 4) is 0 Å². The maximum atomic E-state index is 12.7. The van der Waals surface area contributed by atoms with Gasteiger partial charge in [-0.05, 0) is 38.8 Å². The fourth-order valence-corrected chi connectivity index (χ4v) is 3.98. The van der Waals surface area contributed by atoms with E-state index >= 15 is 0 Å². The summed E-state index contributed by atoms with van der Waals surface area (Å²) in [6, 6.07) is 6.09. The molecule has 0 spiro atoms. The first-order chi connectivity index (χ1) is 15.5. The molecule has 1 aliphatic carbocycles. The zero-order valence-corrected chi connectivity index (χ0v) is 19.2. The maximum absolute atomic E-state index is 12.7. The van der Waals surface area contributed by atoms with Gasteiger partial charge in [-0.15, -0.1) is 0 Å². The van der Waals surface area contributed by atoms with Crippen LogP contribution in [0.4, 0.5) is 5.82 Å². The number of rotatable bonds is 10. The maximum Gasteiger partial charge on any atom is 0.289 e. The lowest BCUT2D eigenvalue weighted by molar-refractivity contribution is 0.0913. The van der Waals surface area contributed by atoms with Gasteiger partial charge in [-0.2, -0.15) is 0 Å². The van der Waals surface area contributed by atoms with Gasteiger partial charge < -0.3 is 25.4 Å². The van der Waals surface area contributed by atoms with E-state index in [0.717, 1.165) is 42.1 Å². The van der Waals surface area contributed by atoms with E-state index in [-0.39, 0.29) is 30.4 Å². The first-order valence-electron chi connectivity index (χ1n) is 11.3. The average molecular weight is 443 g/mol. The Hall–Kier alpha value is -2.78. The Balaban J connectivity index is 1.85. The van der Waals surface area contributed by atoms with Crippen LogP contribution in [0.5, 0.6) is 0 Å². The summed E-state index contributed by atoms with van der Waals surface area (Å²) >= 11 is 0. The van der Waals surface area contributed by atoms with E-state index in [1.807, 2.05) is 32.0 Å². The van der Waals surface area contributed by atoms with Crippen molar-refractivity contribution in [2.24, 2.45) is 0 Å². The summed E-state index contributed by atoms with van der Waals surface area (Å²) in [5.74, 6) is 0.817. The predicted octanol–water partition coefficient (Wildman–Crippen LogP) is 2.64. The van der Waals surface area contributed by atoms with Gasteiger partial charge in [-0.25, -0.2) is 9.97 Å². The van der Waals surface area contributed by atoms with Crippen molar-refractivity contribution in [3.63, 3.8) is 0 Å². The molecule has 1 aliphatic rings. The Labute approximate surface area is 189 Å². The molecule has 1 saturated carbocycles. The van der Waals surface area contributed by atoms with Crippen molar-refractivity contribution in [1.82, 2.24) is 20.6 Å². The number of aryl methyl sites for hydroxylation is 1. The summed E-state index contributed by atoms with van der Waals surface area (Å²) in [4.78, 5) is 21.8. The van der Waals surface area contributed by atoms with Gasteiger partial charge in [0.15, 0.2) is 0 Å². The molecule has 1 amide bonds. The van der Waals surface area contributed by atoms with Crippen LogP contribution < -0.4 is 16.0 Å². The van der Waals surface area contributed by atoms with Crippen molar-refractivity contribution in [3.05, 3.63) is 29.6 Å². The Morgan fingerprint density at radius 2 is 2.00 bits per heavy atom. The second kappa shape index (κ2) is 11.7. The third-order valence-electron chi connectivity index (χ3n) is 5.53. The molecule has 1 aromatic carbocycles. The third kappa shape index (κ3) is 6.37. The van der Waals surface area contributed by atoms with Crippen molar-refractivity contribution >= 4 is 28.5 Å². The minimum Gasteiger partial charge on any atom is -0.380 e. The molecule has 3 rings (SSSR count). The Kier molecular flexibility index (Phi) is 8.75. The van der Waals surface area contributed by atoms with Crippen LogP contribution >= 0.6 is 0 Å². The number of carbonyl (C=O) groups excluding carboxylic acids is 1. The number of hydrogen-bond donors (Lipinski definition) is 4. The molecule has 32 heavy (non-hydrogen) atoms. The number of hydrogen-bond acceptors (Lipinski definition) is 7. The van der Waals surface area contributed by atoms with E-state index in [2.05, 4.69) is 25.9 Å². The fourth-order valence-electron chi connectivity index (χ4n) is 3.98. The standard InChI is InChI=1S/C23H34N6O3/c1-4-32-12-11-25-23(30)22-27-17-10-9-15(2)13-16(17)21(29-22)28-19-8-6-5-7-18(19)26-20(24)14-31-3/h9-10,13,18-19H,4-8,11-12,14H2,1-3H3,(H2,24,26)(H,25,30)(H,27,28,29)/t18-,19+/m1/s1. The lowest BCUT2D eigenvalue weighted by Gasteiger charge is -2.34. The Morgan fingerprint density at radius 1 is 1.22 bits per heavy atom. The molecule has 0 radical (unpaired) electrons. The van der Waals surface area contributed by atoms with Gasteiger partial charge in [0, 0.05) is 37.7 Å². The molecular weight excluding hydrogens is 408 g/mol. The fraction of sp³-hybridized carbons (Fsp3) is 0.565. The van der Waals surface area contributed by atoms with Crippen LogP contribution in [0.15, 0.2) is 18.2 Å². The molecule has 0 bridgehead atoms. The van der Waals surface area contributed by atoms with Gasteiger partial charge in [0.25, 0.3) is 5.91 Å². The summed E-state index contributed by atoms with van der Waals surface area (Å²) in [5, 5.41) is 18.6. The van der Waals surface area contributed by atoms with E-state index < -0.39 is 0 Å². The van der Waals surface area contributed by atoms with Crippen molar-refractivity contribution in [1.29, 1.82) is 5.41 Å². The van der Waals surface area contributed by atoms with Crippen LogP contribution in [0.2, 0.25) is 0 Å². The monoisotopic (exact) mass is 442 g/mol. The quantitative estimate of drug-likeness (QED) is 0.253. The van der Waals surface area contributed by atoms with E-state index in [0.29, 0.717) is 31.4 Å². The molecule has 2 aromatic rings.